The second-order valence-corrected chi connectivity index (χ2v) is 9.01. The van der Waals surface area contributed by atoms with Crippen LogP contribution in [0.5, 0.6) is 0 Å². The molecule has 0 bridgehead atoms. The zero-order valence-electron chi connectivity index (χ0n) is 16.3. The zero-order chi connectivity index (χ0) is 20.5. The number of nitrogens with zero attached hydrogens (tertiary/aromatic N) is 1. The lowest BCUT2D eigenvalue weighted by Gasteiger charge is -2.36. The molecule has 2 N–H and O–H groups in total. The number of carbonyl (C=O) groups excluding carboxylic acids is 1. The van der Waals surface area contributed by atoms with E-state index in [2.05, 4.69) is 32.2 Å². The number of rotatable bonds is 5. The Morgan fingerprint density at radius 3 is 2.61 bits per heavy atom. The summed E-state index contributed by atoms with van der Waals surface area (Å²) in [6.45, 7) is 6.77. The molecule has 0 saturated heterocycles. The lowest BCUT2D eigenvalue weighted by molar-refractivity contribution is 0.0692. The van der Waals surface area contributed by atoms with Crippen LogP contribution in [0.3, 0.4) is 0 Å². The number of nitrogens with one attached hydrogen (secondary N) is 1. The van der Waals surface area contributed by atoms with Gasteiger partial charge in [-0.15, -0.1) is 11.3 Å². The third-order valence-corrected chi connectivity index (χ3v) is 7.19. The van der Waals surface area contributed by atoms with Crippen molar-refractivity contribution >= 4 is 28.2 Å². The molecule has 6 heteroatoms. The minimum atomic E-state index is -1.15. The van der Waals surface area contributed by atoms with Crippen molar-refractivity contribution in [3.05, 3.63) is 51.4 Å². The molecule has 0 saturated carbocycles. The molecule has 0 spiro atoms. The van der Waals surface area contributed by atoms with E-state index in [4.69, 9.17) is 0 Å². The van der Waals surface area contributed by atoms with Crippen LogP contribution in [0.2, 0.25) is 0 Å². The quantitative estimate of drug-likeness (QED) is 0.735. The number of nitriles is 1. The molecular formula is C22H24N2O3S. The van der Waals surface area contributed by atoms with E-state index in [1.54, 1.807) is 12.1 Å². The summed E-state index contributed by atoms with van der Waals surface area (Å²) in [4.78, 5) is 25.3. The fraction of sp³-hybridized carbons (Fsp3) is 0.409. The van der Waals surface area contributed by atoms with Gasteiger partial charge in [0.2, 0.25) is 0 Å². The van der Waals surface area contributed by atoms with Crippen LogP contribution >= 0.6 is 11.3 Å². The Hall–Kier alpha value is -2.65. The summed E-state index contributed by atoms with van der Waals surface area (Å²) < 4.78 is 0. The molecule has 146 valence electrons. The van der Waals surface area contributed by atoms with Gasteiger partial charge in [0.25, 0.3) is 5.91 Å². The molecule has 0 fully saturated rings. The van der Waals surface area contributed by atoms with E-state index in [9.17, 15) is 20.0 Å². The summed E-state index contributed by atoms with van der Waals surface area (Å²) in [6, 6.07) is 8.34. The maximum absolute atomic E-state index is 12.7. The Morgan fingerprint density at radius 2 is 2.00 bits per heavy atom. The molecule has 3 rings (SSSR count). The van der Waals surface area contributed by atoms with Crippen molar-refractivity contribution in [2.24, 2.45) is 11.3 Å². The molecule has 1 aromatic heterocycles. The van der Waals surface area contributed by atoms with Gasteiger partial charge in [0, 0.05) is 4.88 Å². The van der Waals surface area contributed by atoms with E-state index in [1.807, 2.05) is 0 Å². The van der Waals surface area contributed by atoms with E-state index in [0.29, 0.717) is 16.5 Å². The van der Waals surface area contributed by atoms with Gasteiger partial charge in [0.05, 0.1) is 16.7 Å². The predicted molar refractivity (Wildman–Crippen MR) is 110 cm³/mol. The summed E-state index contributed by atoms with van der Waals surface area (Å²) in [6.07, 6.45) is 3.88. The van der Waals surface area contributed by atoms with E-state index < -0.39 is 11.9 Å². The van der Waals surface area contributed by atoms with Crippen LogP contribution in [0, 0.1) is 22.7 Å². The van der Waals surface area contributed by atoms with Crippen LogP contribution < -0.4 is 5.32 Å². The number of carbonyl (C=O) groups is 2. The Bertz CT molecular complexity index is 969. The number of carboxylic acids is 1. The highest BCUT2D eigenvalue weighted by atomic mass is 32.1. The highest BCUT2D eigenvalue weighted by molar-refractivity contribution is 7.16. The van der Waals surface area contributed by atoms with Crippen LogP contribution in [-0.4, -0.2) is 17.0 Å². The lowest BCUT2D eigenvalue weighted by atomic mass is 9.69. The molecule has 1 heterocycles. The van der Waals surface area contributed by atoms with Crippen molar-refractivity contribution in [2.45, 2.75) is 46.5 Å². The average molecular weight is 397 g/mol. The Balaban J connectivity index is 1.90. The van der Waals surface area contributed by atoms with Crippen molar-refractivity contribution in [3.63, 3.8) is 0 Å². The summed E-state index contributed by atoms with van der Waals surface area (Å²) in [5.74, 6) is -1.11. The number of anilines is 1. The molecular weight excluding hydrogens is 372 g/mol. The van der Waals surface area contributed by atoms with E-state index in [1.165, 1.54) is 23.5 Å². The number of benzene rings is 1. The number of carboxylic acid groups (broad SMARTS) is 1. The smallest absolute Gasteiger partial charge is 0.336 e. The molecule has 1 aliphatic carbocycles. The number of amides is 1. The van der Waals surface area contributed by atoms with Crippen molar-refractivity contribution in [2.75, 3.05) is 5.32 Å². The molecule has 2 aromatic rings. The minimum Gasteiger partial charge on any atom is -0.478 e. The van der Waals surface area contributed by atoms with Crippen LogP contribution in [0.15, 0.2) is 24.3 Å². The highest BCUT2D eigenvalue weighted by Gasteiger charge is 2.34. The molecule has 0 radical (unpaired) electrons. The molecule has 0 aliphatic heterocycles. The van der Waals surface area contributed by atoms with Crippen LogP contribution in [0.1, 0.15) is 70.3 Å². The number of aromatic carboxylic acids is 1. The van der Waals surface area contributed by atoms with Gasteiger partial charge in [-0.05, 0) is 48.3 Å². The van der Waals surface area contributed by atoms with Gasteiger partial charge >= 0.3 is 5.97 Å². The third kappa shape index (κ3) is 3.67. The molecule has 1 aromatic carbocycles. The second kappa shape index (κ2) is 7.76. The van der Waals surface area contributed by atoms with E-state index in [0.717, 1.165) is 36.1 Å². The van der Waals surface area contributed by atoms with Crippen molar-refractivity contribution < 1.29 is 14.7 Å². The molecule has 1 amide bonds. The van der Waals surface area contributed by atoms with Gasteiger partial charge in [-0.25, -0.2) is 4.79 Å². The Labute approximate surface area is 169 Å². The standard InChI is InChI=1S/C22H24N2O3S/c1-4-22(2,3)13-9-10-14-17(12-23)20(28-18(14)11-13)24-19(25)15-7-5-6-8-16(15)21(26)27/h5-8,13H,4,9-11H2,1-3H3,(H,24,25)(H,26,27)/t13-/m0/s1. The van der Waals surface area contributed by atoms with Gasteiger partial charge in [-0.1, -0.05) is 39.3 Å². The zero-order valence-corrected chi connectivity index (χ0v) is 17.2. The molecule has 0 unspecified atom stereocenters. The SMILES string of the molecule is CCC(C)(C)[C@H]1CCc2c(sc(NC(=O)c3ccccc3C(=O)O)c2C#N)C1. The monoisotopic (exact) mass is 396 g/mol. The minimum absolute atomic E-state index is 0.0513. The van der Waals surface area contributed by atoms with Gasteiger partial charge in [0.15, 0.2) is 0 Å². The lowest BCUT2D eigenvalue weighted by Crippen LogP contribution is -2.28. The first-order valence-corrected chi connectivity index (χ1v) is 10.3. The molecule has 1 atom stereocenters. The topological polar surface area (TPSA) is 90.2 Å². The first-order chi connectivity index (χ1) is 13.3. The largest absolute Gasteiger partial charge is 0.478 e. The second-order valence-electron chi connectivity index (χ2n) is 7.91. The van der Waals surface area contributed by atoms with Gasteiger partial charge in [-0.2, -0.15) is 5.26 Å². The van der Waals surface area contributed by atoms with Crippen molar-refractivity contribution in [1.29, 1.82) is 5.26 Å². The van der Waals surface area contributed by atoms with Crippen LogP contribution in [0.4, 0.5) is 5.00 Å². The number of thiophene rings is 1. The maximum atomic E-state index is 12.7. The molecule has 5 nitrogen and oxygen atoms in total. The maximum Gasteiger partial charge on any atom is 0.336 e. The number of hydrogen-bond donors (Lipinski definition) is 2. The van der Waals surface area contributed by atoms with Crippen molar-refractivity contribution in [3.8, 4) is 6.07 Å². The van der Waals surface area contributed by atoms with Gasteiger partial charge in [0.1, 0.15) is 11.1 Å². The fourth-order valence-corrected chi connectivity index (χ4v) is 5.06. The van der Waals surface area contributed by atoms with Crippen LogP contribution in [0.25, 0.3) is 0 Å². The van der Waals surface area contributed by atoms with Crippen molar-refractivity contribution in [1.82, 2.24) is 0 Å². The Kier molecular flexibility index (Phi) is 5.57. The average Bonchev–Trinajstić information content (AvgIpc) is 3.03. The van der Waals surface area contributed by atoms with Gasteiger partial charge < -0.3 is 10.4 Å². The summed E-state index contributed by atoms with van der Waals surface area (Å²) >= 11 is 1.45. The fourth-order valence-electron chi connectivity index (χ4n) is 3.79. The van der Waals surface area contributed by atoms with Gasteiger partial charge in [-0.3, -0.25) is 4.79 Å². The molecule has 1 aliphatic rings. The first kappa shape index (κ1) is 20.1. The summed E-state index contributed by atoms with van der Waals surface area (Å²) in [5.41, 5.74) is 1.84. The normalized spacial score (nSPS) is 16.1. The highest BCUT2D eigenvalue weighted by Crippen LogP contribution is 2.45. The summed E-state index contributed by atoms with van der Waals surface area (Å²) in [7, 11) is 0. The summed E-state index contributed by atoms with van der Waals surface area (Å²) in [5, 5.41) is 22.3. The van der Waals surface area contributed by atoms with E-state index in [-0.39, 0.29) is 16.5 Å². The van der Waals surface area contributed by atoms with Crippen LogP contribution in [-0.2, 0) is 12.8 Å². The number of fused-ring (bicyclic) bond motifs is 1. The molecule has 28 heavy (non-hydrogen) atoms. The number of hydrogen-bond acceptors (Lipinski definition) is 4. The Morgan fingerprint density at radius 1 is 1.32 bits per heavy atom. The third-order valence-electron chi connectivity index (χ3n) is 6.02. The first-order valence-electron chi connectivity index (χ1n) is 9.46. The van der Waals surface area contributed by atoms with E-state index >= 15 is 0 Å². The predicted octanol–water partition coefficient (Wildman–Crippen LogP) is 5.11.